The van der Waals surface area contributed by atoms with Crippen LogP contribution in [0.15, 0.2) is 48.8 Å². The van der Waals surface area contributed by atoms with Gasteiger partial charge in [-0.2, -0.15) is 13.2 Å². The van der Waals surface area contributed by atoms with Gasteiger partial charge >= 0.3 is 6.18 Å². The van der Waals surface area contributed by atoms with Crippen molar-refractivity contribution in [1.29, 1.82) is 0 Å². The molecule has 39 heavy (non-hydrogen) atoms. The summed E-state index contributed by atoms with van der Waals surface area (Å²) in [7, 11) is 0. The molecule has 1 amide bonds. The molecule has 12 heteroatoms. The third kappa shape index (κ3) is 8.15. The van der Waals surface area contributed by atoms with Crippen LogP contribution in [0.25, 0.3) is 0 Å². The van der Waals surface area contributed by atoms with Crippen LogP contribution >= 0.6 is 11.6 Å². The van der Waals surface area contributed by atoms with Gasteiger partial charge in [0.1, 0.15) is 12.9 Å². The minimum Gasteiger partial charge on any atom is -0.383 e. The fourth-order valence-corrected chi connectivity index (χ4v) is 5.11. The number of alkyl halides is 3. The number of benzene rings is 2. The molecule has 3 aromatic rings. The van der Waals surface area contributed by atoms with Gasteiger partial charge in [-0.05, 0) is 78.0 Å². The zero-order valence-electron chi connectivity index (χ0n) is 21.9. The lowest BCUT2D eigenvalue weighted by molar-refractivity contribution is -0.137. The summed E-state index contributed by atoms with van der Waals surface area (Å²) in [6.07, 6.45) is 0.944. The lowest BCUT2D eigenvalue weighted by atomic mass is 10.0. The van der Waals surface area contributed by atoms with Gasteiger partial charge in [0, 0.05) is 42.9 Å². The summed E-state index contributed by atoms with van der Waals surface area (Å²) >= 11 is 6.65. The molecular weight excluding hydrogens is 531 g/mol. The molecule has 2 heterocycles. The highest BCUT2D eigenvalue weighted by Gasteiger charge is 2.30. The number of aromatic nitrogens is 4. The van der Waals surface area contributed by atoms with Crippen LogP contribution in [0.2, 0.25) is 5.02 Å². The number of amides is 1. The summed E-state index contributed by atoms with van der Waals surface area (Å²) in [6.45, 7) is 5.38. The van der Waals surface area contributed by atoms with Gasteiger partial charge in [-0.1, -0.05) is 36.7 Å². The van der Waals surface area contributed by atoms with Crippen molar-refractivity contribution in [3.8, 4) is 0 Å². The van der Waals surface area contributed by atoms with Crippen LogP contribution in [0.3, 0.4) is 0 Å². The number of rotatable bonds is 11. The van der Waals surface area contributed by atoms with E-state index in [4.69, 9.17) is 11.6 Å². The maximum absolute atomic E-state index is 12.9. The van der Waals surface area contributed by atoms with Crippen LogP contribution in [0, 0.1) is 0 Å². The summed E-state index contributed by atoms with van der Waals surface area (Å²) in [4.78, 5) is 16.9. The Hall–Kier alpha value is -3.18. The van der Waals surface area contributed by atoms with Gasteiger partial charge in [0.25, 0.3) is 0 Å². The van der Waals surface area contributed by atoms with E-state index in [0.29, 0.717) is 31.2 Å². The molecule has 1 aromatic heterocycles. The average molecular weight is 564 g/mol. The number of nitrogens with one attached hydrogen (secondary N) is 1. The van der Waals surface area contributed by atoms with Gasteiger partial charge in [0.15, 0.2) is 0 Å². The largest absolute Gasteiger partial charge is 0.416 e. The van der Waals surface area contributed by atoms with E-state index in [1.807, 2.05) is 23.1 Å². The topological polar surface area (TPSA) is 79.2 Å². The normalized spacial score (nSPS) is 16.1. The minimum absolute atomic E-state index is 0.00811. The first-order valence-electron chi connectivity index (χ1n) is 13.1. The van der Waals surface area contributed by atoms with E-state index in [-0.39, 0.29) is 18.5 Å². The first-order chi connectivity index (χ1) is 18.7. The van der Waals surface area contributed by atoms with Crippen molar-refractivity contribution >= 4 is 23.2 Å². The number of nitrogens with zero attached hydrogens (tertiary/aromatic N) is 6. The van der Waals surface area contributed by atoms with E-state index < -0.39 is 11.7 Å². The Labute approximate surface area is 231 Å². The first kappa shape index (κ1) is 28.8. The number of hydrogen-bond donors (Lipinski definition) is 1. The lowest BCUT2D eigenvalue weighted by Gasteiger charge is -2.36. The molecule has 4 rings (SSSR count). The van der Waals surface area contributed by atoms with Gasteiger partial charge in [0.05, 0.1) is 5.56 Å². The van der Waals surface area contributed by atoms with Crippen LogP contribution < -0.4 is 5.32 Å². The second kappa shape index (κ2) is 13.3. The second-order valence-electron chi connectivity index (χ2n) is 9.84. The van der Waals surface area contributed by atoms with Crippen LogP contribution in [0.1, 0.15) is 49.3 Å². The smallest absolute Gasteiger partial charge is 0.383 e. The van der Waals surface area contributed by atoms with Crippen molar-refractivity contribution in [3.05, 3.63) is 70.5 Å². The van der Waals surface area contributed by atoms with Gasteiger partial charge in [-0.15, -0.1) is 5.10 Å². The SMILES string of the molecule is CCCN(Cc1ccc(C(F)(F)F)cc1)Cc1ccc(NCC2CCCCN2C(=O)Cn2cnnn2)cc1Cl. The van der Waals surface area contributed by atoms with E-state index in [0.717, 1.165) is 61.2 Å². The van der Waals surface area contributed by atoms with E-state index in [1.54, 1.807) is 0 Å². The van der Waals surface area contributed by atoms with E-state index in [1.165, 1.54) is 23.1 Å². The molecular formula is C27H33ClF3N7O. The Morgan fingerprint density at radius 2 is 1.95 bits per heavy atom. The first-order valence-corrected chi connectivity index (χ1v) is 13.5. The maximum Gasteiger partial charge on any atom is 0.416 e. The van der Waals surface area contributed by atoms with Crippen LogP contribution in [0.5, 0.6) is 0 Å². The number of carbonyl (C=O) groups is 1. The van der Waals surface area contributed by atoms with Crippen molar-refractivity contribution in [3.63, 3.8) is 0 Å². The van der Waals surface area contributed by atoms with Crippen molar-refractivity contribution in [1.82, 2.24) is 30.0 Å². The van der Waals surface area contributed by atoms with Gasteiger partial charge in [-0.3, -0.25) is 9.69 Å². The number of halogens is 4. The van der Waals surface area contributed by atoms with E-state index in [9.17, 15) is 18.0 Å². The third-order valence-electron chi connectivity index (χ3n) is 6.85. The Morgan fingerprint density at radius 1 is 1.15 bits per heavy atom. The summed E-state index contributed by atoms with van der Waals surface area (Å²) < 4.78 is 40.1. The number of anilines is 1. The Kier molecular flexibility index (Phi) is 9.79. The monoisotopic (exact) mass is 563 g/mol. The molecule has 0 spiro atoms. The van der Waals surface area contributed by atoms with Crippen LogP contribution in [-0.4, -0.2) is 61.6 Å². The average Bonchev–Trinajstić information content (AvgIpc) is 3.42. The standard InChI is InChI=1S/C27H33ClF3N7O/c1-2-12-36(16-20-6-9-22(10-7-20)27(29,30)31)17-21-8-11-23(14-25(21)28)32-15-24-5-3-4-13-38(24)26(39)18-37-19-33-34-35-37/h6-11,14,19,24,32H,2-5,12-13,15-18H2,1H3. The summed E-state index contributed by atoms with van der Waals surface area (Å²) in [5.41, 5.74) is 1.98. The zero-order chi connectivity index (χ0) is 27.8. The highest BCUT2D eigenvalue weighted by molar-refractivity contribution is 6.31. The highest BCUT2D eigenvalue weighted by atomic mass is 35.5. The minimum atomic E-state index is -4.34. The molecule has 1 aliphatic rings. The Morgan fingerprint density at radius 3 is 2.62 bits per heavy atom. The quantitative estimate of drug-likeness (QED) is 0.343. The predicted octanol–water partition coefficient (Wildman–Crippen LogP) is 5.25. The summed E-state index contributed by atoms with van der Waals surface area (Å²) in [5.74, 6) is -0.00811. The highest BCUT2D eigenvalue weighted by Crippen LogP contribution is 2.30. The van der Waals surface area contributed by atoms with Crippen molar-refractivity contribution in [2.24, 2.45) is 0 Å². The molecule has 1 N–H and O–H groups in total. The second-order valence-corrected chi connectivity index (χ2v) is 10.2. The molecule has 2 aromatic carbocycles. The molecule has 1 unspecified atom stereocenters. The number of hydrogen-bond acceptors (Lipinski definition) is 6. The number of carbonyl (C=O) groups excluding carboxylic acids is 1. The molecule has 0 bridgehead atoms. The molecule has 1 aliphatic heterocycles. The van der Waals surface area contributed by atoms with Gasteiger partial charge < -0.3 is 10.2 Å². The number of likely N-dealkylation sites (tertiary alicyclic amines) is 1. The van der Waals surface area contributed by atoms with Crippen molar-refractivity contribution in [2.45, 2.75) is 64.5 Å². The Bertz CT molecular complexity index is 1210. The van der Waals surface area contributed by atoms with Crippen LogP contribution in [-0.2, 0) is 30.6 Å². The fourth-order valence-electron chi connectivity index (χ4n) is 4.87. The lowest BCUT2D eigenvalue weighted by Crippen LogP contribution is -2.48. The number of tetrazole rings is 1. The number of piperidine rings is 1. The van der Waals surface area contributed by atoms with Crippen molar-refractivity contribution in [2.75, 3.05) is 25.0 Å². The summed E-state index contributed by atoms with van der Waals surface area (Å²) in [6, 6.07) is 11.2. The molecule has 0 saturated carbocycles. The van der Waals surface area contributed by atoms with Gasteiger partial charge in [-0.25, -0.2) is 4.68 Å². The zero-order valence-corrected chi connectivity index (χ0v) is 22.6. The molecule has 210 valence electrons. The van der Waals surface area contributed by atoms with E-state index in [2.05, 4.69) is 32.7 Å². The maximum atomic E-state index is 12.9. The molecule has 1 fully saturated rings. The van der Waals surface area contributed by atoms with Crippen molar-refractivity contribution < 1.29 is 18.0 Å². The molecule has 8 nitrogen and oxygen atoms in total. The third-order valence-corrected chi connectivity index (χ3v) is 7.20. The van der Waals surface area contributed by atoms with Crippen LogP contribution in [0.4, 0.5) is 18.9 Å². The van der Waals surface area contributed by atoms with Gasteiger partial charge in [0.2, 0.25) is 5.91 Å². The molecule has 0 aliphatic carbocycles. The van der Waals surface area contributed by atoms with E-state index >= 15 is 0 Å². The summed E-state index contributed by atoms with van der Waals surface area (Å²) in [5, 5.41) is 15.0. The Balaban J connectivity index is 1.35. The molecule has 1 atom stereocenters. The fraction of sp³-hybridized carbons (Fsp3) is 0.481. The molecule has 1 saturated heterocycles. The molecule has 0 radical (unpaired) electrons. The predicted molar refractivity (Wildman–Crippen MR) is 143 cm³/mol.